The lowest BCUT2D eigenvalue weighted by Crippen LogP contribution is -2.42. The van der Waals surface area contributed by atoms with Gasteiger partial charge in [-0.1, -0.05) is 24.3 Å². The van der Waals surface area contributed by atoms with Crippen LogP contribution in [-0.2, 0) is 11.2 Å². The Morgan fingerprint density at radius 3 is 3.16 bits per heavy atom. The first-order valence-corrected chi connectivity index (χ1v) is 7.47. The molecule has 0 spiro atoms. The predicted octanol–water partition coefficient (Wildman–Crippen LogP) is 1.89. The number of nitrogens with one attached hydrogen (secondary N) is 2. The normalized spacial score (nSPS) is 28.1. The van der Waals surface area contributed by atoms with Crippen molar-refractivity contribution in [3.05, 3.63) is 35.4 Å². The fourth-order valence-electron chi connectivity index (χ4n) is 3.19. The van der Waals surface area contributed by atoms with Crippen molar-refractivity contribution in [1.29, 1.82) is 0 Å². The summed E-state index contributed by atoms with van der Waals surface area (Å²) in [4.78, 5) is 0. The Labute approximate surface area is 115 Å². The van der Waals surface area contributed by atoms with E-state index in [1.807, 2.05) is 0 Å². The van der Waals surface area contributed by atoms with Gasteiger partial charge in [-0.15, -0.1) is 0 Å². The number of hydrogen-bond donors (Lipinski definition) is 2. The summed E-state index contributed by atoms with van der Waals surface area (Å²) in [6, 6.07) is 9.81. The minimum absolute atomic E-state index is 0.453. The molecule has 3 nitrogen and oxygen atoms in total. The van der Waals surface area contributed by atoms with Gasteiger partial charge in [-0.25, -0.2) is 0 Å². The second-order valence-corrected chi connectivity index (χ2v) is 5.78. The van der Waals surface area contributed by atoms with Gasteiger partial charge in [0.2, 0.25) is 0 Å². The average molecular weight is 260 g/mol. The number of benzene rings is 1. The van der Waals surface area contributed by atoms with Gasteiger partial charge in [0.1, 0.15) is 0 Å². The Morgan fingerprint density at radius 2 is 2.32 bits per heavy atom. The Balaban J connectivity index is 1.58. The minimum atomic E-state index is 0.453. The van der Waals surface area contributed by atoms with Gasteiger partial charge in [-0.3, -0.25) is 0 Å². The van der Waals surface area contributed by atoms with Crippen LogP contribution in [0.4, 0.5) is 0 Å². The third-order valence-electron chi connectivity index (χ3n) is 4.53. The molecule has 1 aromatic rings. The Kier molecular flexibility index (Phi) is 4.16. The van der Waals surface area contributed by atoms with Gasteiger partial charge in [0.05, 0.1) is 6.61 Å². The van der Waals surface area contributed by atoms with E-state index in [0.717, 1.165) is 32.7 Å². The largest absolute Gasteiger partial charge is 0.381 e. The molecule has 19 heavy (non-hydrogen) atoms. The second-order valence-electron chi connectivity index (χ2n) is 5.78. The van der Waals surface area contributed by atoms with E-state index in [0.29, 0.717) is 18.0 Å². The van der Waals surface area contributed by atoms with E-state index >= 15 is 0 Å². The molecule has 2 heterocycles. The summed E-state index contributed by atoms with van der Waals surface area (Å²) in [5, 5.41) is 7.32. The third-order valence-corrected chi connectivity index (χ3v) is 4.53. The lowest BCUT2D eigenvalue weighted by Gasteiger charge is -2.29. The van der Waals surface area contributed by atoms with Crippen LogP contribution >= 0.6 is 0 Å². The molecule has 3 rings (SSSR count). The zero-order valence-corrected chi connectivity index (χ0v) is 11.7. The van der Waals surface area contributed by atoms with E-state index in [9.17, 15) is 0 Å². The summed E-state index contributed by atoms with van der Waals surface area (Å²) in [5.41, 5.74) is 2.97. The smallest absolute Gasteiger partial charge is 0.0509 e. The third kappa shape index (κ3) is 2.99. The topological polar surface area (TPSA) is 33.3 Å². The lowest BCUT2D eigenvalue weighted by atomic mass is 9.93. The van der Waals surface area contributed by atoms with Crippen LogP contribution in [0.15, 0.2) is 24.3 Å². The zero-order valence-electron chi connectivity index (χ0n) is 11.7. The van der Waals surface area contributed by atoms with E-state index in [1.165, 1.54) is 17.5 Å². The van der Waals surface area contributed by atoms with Gasteiger partial charge in [-0.2, -0.15) is 0 Å². The average Bonchev–Trinajstić information content (AvgIpc) is 2.99. The van der Waals surface area contributed by atoms with Crippen molar-refractivity contribution >= 4 is 0 Å². The minimum Gasteiger partial charge on any atom is -0.381 e. The molecule has 0 bridgehead atoms. The van der Waals surface area contributed by atoms with Crippen molar-refractivity contribution in [2.24, 2.45) is 5.92 Å². The molecule has 3 heteroatoms. The van der Waals surface area contributed by atoms with E-state index < -0.39 is 0 Å². The molecular weight excluding hydrogens is 236 g/mol. The SMILES string of the molecule is CC(NCC1NCCc2ccccc21)C1CCOC1. The van der Waals surface area contributed by atoms with Gasteiger partial charge < -0.3 is 15.4 Å². The molecule has 0 radical (unpaired) electrons. The molecule has 0 aliphatic carbocycles. The molecule has 2 aliphatic rings. The Bertz CT molecular complexity index is 415. The lowest BCUT2D eigenvalue weighted by molar-refractivity contribution is 0.178. The number of rotatable bonds is 4. The maximum atomic E-state index is 5.47. The van der Waals surface area contributed by atoms with Crippen LogP contribution in [0.3, 0.4) is 0 Å². The van der Waals surface area contributed by atoms with Crippen LogP contribution in [0.2, 0.25) is 0 Å². The molecule has 2 aliphatic heterocycles. The van der Waals surface area contributed by atoms with Crippen molar-refractivity contribution in [2.45, 2.75) is 31.8 Å². The highest BCUT2D eigenvalue weighted by molar-refractivity contribution is 5.32. The van der Waals surface area contributed by atoms with Gasteiger partial charge in [-0.05, 0) is 43.4 Å². The summed E-state index contributed by atoms with van der Waals surface area (Å²) in [6.45, 7) is 6.23. The van der Waals surface area contributed by atoms with Gasteiger partial charge >= 0.3 is 0 Å². The molecule has 2 N–H and O–H groups in total. The van der Waals surface area contributed by atoms with Crippen LogP contribution in [-0.4, -0.2) is 32.3 Å². The van der Waals surface area contributed by atoms with Gasteiger partial charge in [0.15, 0.2) is 0 Å². The number of fused-ring (bicyclic) bond motifs is 1. The van der Waals surface area contributed by atoms with Crippen molar-refractivity contribution in [3.63, 3.8) is 0 Å². The second kappa shape index (κ2) is 6.04. The van der Waals surface area contributed by atoms with Crippen molar-refractivity contribution in [2.75, 3.05) is 26.3 Å². The predicted molar refractivity (Wildman–Crippen MR) is 77.3 cm³/mol. The molecule has 0 saturated carbocycles. The first-order valence-electron chi connectivity index (χ1n) is 7.47. The van der Waals surface area contributed by atoms with Crippen LogP contribution in [0, 0.1) is 5.92 Å². The zero-order chi connectivity index (χ0) is 13.1. The van der Waals surface area contributed by atoms with E-state index in [2.05, 4.69) is 41.8 Å². The van der Waals surface area contributed by atoms with Crippen LogP contribution in [0.25, 0.3) is 0 Å². The van der Waals surface area contributed by atoms with Crippen molar-refractivity contribution in [3.8, 4) is 0 Å². The standard InChI is InChI=1S/C16H24N2O/c1-12(14-7-9-19-11-14)18-10-16-15-5-3-2-4-13(15)6-8-17-16/h2-5,12,14,16-18H,6-11H2,1H3. The molecule has 1 fully saturated rings. The molecule has 0 aromatic heterocycles. The molecule has 104 valence electrons. The summed E-state index contributed by atoms with van der Waals surface area (Å²) < 4.78 is 5.47. The van der Waals surface area contributed by atoms with Crippen molar-refractivity contribution < 1.29 is 4.74 Å². The highest BCUT2D eigenvalue weighted by Crippen LogP contribution is 2.23. The molecule has 0 amide bonds. The maximum Gasteiger partial charge on any atom is 0.0509 e. The first kappa shape index (κ1) is 13.1. The van der Waals surface area contributed by atoms with E-state index in [4.69, 9.17) is 4.74 Å². The number of ether oxygens (including phenoxy) is 1. The Morgan fingerprint density at radius 1 is 1.42 bits per heavy atom. The fraction of sp³-hybridized carbons (Fsp3) is 0.625. The first-order chi connectivity index (χ1) is 9.34. The molecule has 3 atom stereocenters. The summed E-state index contributed by atoms with van der Waals surface area (Å²) in [6.07, 6.45) is 2.35. The van der Waals surface area contributed by atoms with E-state index in [-0.39, 0.29) is 0 Å². The van der Waals surface area contributed by atoms with Crippen LogP contribution < -0.4 is 10.6 Å². The quantitative estimate of drug-likeness (QED) is 0.867. The fourth-order valence-corrected chi connectivity index (χ4v) is 3.19. The monoisotopic (exact) mass is 260 g/mol. The maximum absolute atomic E-state index is 5.47. The molecular formula is C16H24N2O. The Hall–Kier alpha value is -0.900. The molecule has 3 unspecified atom stereocenters. The molecule has 1 aromatic carbocycles. The highest BCUT2D eigenvalue weighted by atomic mass is 16.5. The van der Waals surface area contributed by atoms with Crippen LogP contribution in [0.5, 0.6) is 0 Å². The van der Waals surface area contributed by atoms with Gasteiger partial charge in [0.25, 0.3) is 0 Å². The summed E-state index contributed by atoms with van der Waals surface area (Å²) >= 11 is 0. The van der Waals surface area contributed by atoms with Crippen molar-refractivity contribution in [1.82, 2.24) is 10.6 Å². The number of hydrogen-bond acceptors (Lipinski definition) is 3. The molecule has 1 saturated heterocycles. The summed E-state index contributed by atoms with van der Waals surface area (Å²) in [7, 11) is 0. The van der Waals surface area contributed by atoms with E-state index in [1.54, 1.807) is 0 Å². The van der Waals surface area contributed by atoms with Gasteiger partial charge in [0, 0.05) is 25.2 Å². The van der Waals surface area contributed by atoms with Crippen LogP contribution in [0.1, 0.15) is 30.5 Å². The summed E-state index contributed by atoms with van der Waals surface area (Å²) in [5.74, 6) is 0.679. The highest BCUT2D eigenvalue weighted by Gasteiger charge is 2.24.